The monoisotopic (exact) mass is 283 g/mol. The zero-order valence-corrected chi connectivity index (χ0v) is 12.1. The molecule has 0 saturated heterocycles. The highest BCUT2D eigenvalue weighted by atomic mass is 35.5. The van der Waals surface area contributed by atoms with Gasteiger partial charge in [0.15, 0.2) is 0 Å². The number of carbonyl (C=O) groups excluding carboxylic acids is 1. The van der Waals surface area contributed by atoms with Gasteiger partial charge in [-0.3, -0.25) is 4.79 Å². The second-order valence-corrected chi connectivity index (χ2v) is 5.09. The zero-order chi connectivity index (χ0) is 14.1. The number of amides is 1. The smallest absolute Gasteiger partial charge is 0.220 e. The van der Waals surface area contributed by atoms with Crippen LogP contribution in [0.5, 0.6) is 0 Å². The molecule has 4 heteroatoms. The SMILES string of the molecule is CCC(CCO)CNC(=O)CCc1ccccc1Cl. The van der Waals surface area contributed by atoms with E-state index in [9.17, 15) is 4.79 Å². The summed E-state index contributed by atoms with van der Waals surface area (Å²) < 4.78 is 0. The number of rotatable bonds is 8. The average molecular weight is 284 g/mol. The second-order valence-electron chi connectivity index (χ2n) is 4.68. The minimum Gasteiger partial charge on any atom is -0.396 e. The van der Waals surface area contributed by atoms with Crippen molar-refractivity contribution in [2.75, 3.05) is 13.2 Å². The van der Waals surface area contributed by atoms with Gasteiger partial charge in [-0.2, -0.15) is 0 Å². The second kappa shape index (κ2) is 8.94. The van der Waals surface area contributed by atoms with Crippen molar-refractivity contribution in [3.05, 3.63) is 34.9 Å². The van der Waals surface area contributed by atoms with Gasteiger partial charge in [-0.25, -0.2) is 0 Å². The van der Waals surface area contributed by atoms with E-state index in [0.717, 1.165) is 18.4 Å². The highest BCUT2D eigenvalue weighted by Crippen LogP contribution is 2.16. The van der Waals surface area contributed by atoms with Gasteiger partial charge in [-0.1, -0.05) is 43.1 Å². The number of carbonyl (C=O) groups is 1. The molecule has 0 heterocycles. The molecule has 1 aromatic rings. The molecule has 0 saturated carbocycles. The number of hydrogen-bond donors (Lipinski definition) is 2. The Hall–Kier alpha value is -1.06. The first kappa shape index (κ1) is 16.0. The first-order valence-electron chi connectivity index (χ1n) is 6.78. The molecule has 106 valence electrons. The van der Waals surface area contributed by atoms with Gasteiger partial charge in [0.1, 0.15) is 0 Å². The molecular weight excluding hydrogens is 262 g/mol. The Morgan fingerprint density at radius 2 is 2.16 bits per heavy atom. The molecule has 1 rings (SSSR count). The molecule has 1 atom stereocenters. The maximum atomic E-state index is 11.7. The largest absolute Gasteiger partial charge is 0.396 e. The standard InChI is InChI=1S/C15H22ClNO2/c1-2-12(9-10-18)11-17-15(19)8-7-13-5-3-4-6-14(13)16/h3-6,12,18H,2,7-11H2,1H3,(H,17,19). The third-order valence-corrected chi connectivity index (χ3v) is 3.65. The number of hydrogen-bond acceptors (Lipinski definition) is 2. The van der Waals surface area contributed by atoms with Crippen LogP contribution < -0.4 is 5.32 Å². The Labute approximate surface area is 120 Å². The van der Waals surface area contributed by atoms with Crippen LogP contribution in [-0.4, -0.2) is 24.2 Å². The van der Waals surface area contributed by atoms with E-state index in [0.29, 0.717) is 30.3 Å². The Kier molecular flexibility index (Phi) is 7.53. The van der Waals surface area contributed by atoms with E-state index < -0.39 is 0 Å². The molecule has 2 N–H and O–H groups in total. The minimum absolute atomic E-state index is 0.0382. The maximum Gasteiger partial charge on any atom is 0.220 e. The maximum absolute atomic E-state index is 11.7. The molecule has 1 aromatic carbocycles. The lowest BCUT2D eigenvalue weighted by molar-refractivity contribution is -0.121. The fourth-order valence-electron chi connectivity index (χ4n) is 1.93. The van der Waals surface area contributed by atoms with E-state index in [-0.39, 0.29) is 12.5 Å². The van der Waals surface area contributed by atoms with Crippen LogP contribution in [0.1, 0.15) is 31.7 Å². The molecule has 19 heavy (non-hydrogen) atoms. The molecule has 0 spiro atoms. The van der Waals surface area contributed by atoms with Crippen molar-refractivity contribution in [1.82, 2.24) is 5.32 Å². The van der Waals surface area contributed by atoms with Crippen molar-refractivity contribution in [2.24, 2.45) is 5.92 Å². The van der Waals surface area contributed by atoms with Crippen LogP contribution >= 0.6 is 11.6 Å². The first-order chi connectivity index (χ1) is 9.17. The summed E-state index contributed by atoms with van der Waals surface area (Å²) >= 11 is 6.04. The summed E-state index contributed by atoms with van der Waals surface area (Å²) in [5.74, 6) is 0.394. The zero-order valence-electron chi connectivity index (χ0n) is 11.4. The summed E-state index contributed by atoms with van der Waals surface area (Å²) in [7, 11) is 0. The van der Waals surface area contributed by atoms with E-state index in [2.05, 4.69) is 12.2 Å². The van der Waals surface area contributed by atoms with Gasteiger partial charge in [-0.15, -0.1) is 0 Å². The van der Waals surface area contributed by atoms with Crippen molar-refractivity contribution in [3.8, 4) is 0 Å². The van der Waals surface area contributed by atoms with E-state index in [1.165, 1.54) is 0 Å². The lowest BCUT2D eigenvalue weighted by Crippen LogP contribution is -2.29. The summed E-state index contributed by atoms with van der Waals surface area (Å²) in [6.45, 7) is 2.88. The van der Waals surface area contributed by atoms with Crippen LogP contribution in [0.2, 0.25) is 5.02 Å². The molecule has 1 unspecified atom stereocenters. The van der Waals surface area contributed by atoms with Gasteiger partial charge < -0.3 is 10.4 Å². The first-order valence-corrected chi connectivity index (χ1v) is 7.16. The van der Waals surface area contributed by atoms with Gasteiger partial charge in [0, 0.05) is 24.6 Å². The van der Waals surface area contributed by atoms with Gasteiger partial charge in [0.05, 0.1) is 0 Å². The lowest BCUT2D eigenvalue weighted by Gasteiger charge is -2.14. The van der Waals surface area contributed by atoms with Crippen LogP contribution in [0.25, 0.3) is 0 Å². The van der Waals surface area contributed by atoms with Crippen LogP contribution in [0.15, 0.2) is 24.3 Å². The highest BCUT2D eigenvalue weighted by molar-refractivity contribution is 6.31. The lowest BCUT2D eigenvalue weighted by atomic mass is 10.0. The Balaban J connectivity index is 2.30. The molecule has 0 bridgehead atoms. The Morgan fingerprint density at radius 1 is 1.42 bits per heavy atom. The van der Waals surface area contributed by atoms with Crippen LogP contribution in [-0.2, 0) is 11.2 Å². The Morgan fingerprint density at radius 3 is 2.79 bits per heavy atom. The van der Waals surface area contributed by atoms with Crippen LogP contribution in [0.4, 0.5) is 0 Å². The number of halogens is 1. The van der Waals surface area contributed by atoms with Crippen molar-refractivity contribution in [2.45, 2.75) is 32.6 Å². The van der Waals surface area contributed by atoms with Gasteiger partial charge in [0.2, 0.25) is 5.91 Å². The van der Waals surface area contributed by atoms with Gasteiger partial charge in [-0.05, 0) is 30.4 Å². The normalized spacial score (nSPS) is 12.2. The molecule has 1 amide bonds. The molecule has 0 aliphatic carbocycles. The number of aliphatic hydroxyl groups excluding tert-OH is 1. The molecule has 0 aliphatic heterocycles. The Bertz CT molecular complexity index is 395. The fourth-order valence-corrected chi connectivity index (χ4v) is 2.16. The summed E-state index contributed by atoms with van der Waals surface area (Å²) in [5.41, 5.74) is 1.00. The molecule has 0 radical (unpaired) electrons. The number of nitrogens with one attached hydrogen (secondary N) is 1. The van der Waals surface area contributed by atoms with Gasteiger partial charge >= 0.3 is 0 Å². The summed E-state index contributed by atoms with van der Waals surface area (Å²) in [6, 6.07) is 7.58. The predicted octanol–water partition coefficient (Wildman–Crippen LogP) is 2.80. The third-order valence-electron chi connectivity index (χ3n) is 3.28. The van der Waals surface area contributed by atoms with Crippen molar-refractivity contribution < 1.29 is 9.90 Å². The highest BCUT2D eigenvalue weighted by Gasteiger charge is 2.09. The molecule has 0 fully saturated rings. The quantitative estimate of drug-likeness (QED) is 0.771. The summed E-state index contributed by atoms with van der Waals surface area (Å²) in [6.07, 6.45) is 2.80. The molecule has 0 aromatic heterocycles. The molecule has 3 nitrogen and oxygen atoms in total. The van der Waals surface area contributed by atoms with E-state index in [4.69, 9.17) is 16.7 Å². The van der Waals surface area contributed by atoms with E-state index in [1.807, 2.05) is 24.3 Å². The topological polar surface area (TPSA) is 49.3 Å². The summed E-state index contributed by atoms with van der Waals surface area (Å²) in [4.78, 5) is 11.7. The van der Waals surface area contributed by atoms with Crippen molar-refractivity contribution in [1.29, 1.82) is 0 Å². The number of aryl methyl sites for hydroxylation is 1. The van der Waals surface area contributed by atoms with Crippen LogP contribution in [0.3, 0.4) is 0 Å². The van der Waals surface area contributed by atoms with E-state index >= 15 is 0 Å². The molecule has 0 aliphatic rings. The third kappa shape index (κ3) is 6.08. The average Bonchev–Trinajstić information content (AvgIpc) is 2.42. The van der Waals surface area contributed by atoms with Crippen molar-refractivity contribution >= 4 is 17.5 Å². The number of aliphatic hydroxyl groups is 1. The van der Waals surface area contributed by atoms with E-state index in [1.54, 1.807) is 0 Å². The molecular formula is C15H22ClNO2. The van der Waals surface area contributed by atoms with Crippen molar-refractivity contribution in [3.63, 3.8) is 0 Å². The summed E-state index contributed by atoms with van der Waals surface area (Å²) in [5, 5.41) is 12.5. The fraction of sp³-hybridized carbons (Fsp3) is 0.533. The minimum atomic E-state index is 0.0382. The van der Waals surface area contributed by atoms with Gasteiger partial charge in [0.25, 0.3) is 0 Å². The van der Waals surface area contributed by atoms with Crippen LogP contribution in [0, 0.1) is 5.92 Å². The number of benzene rings is 1. The predicted molar refractivity (Wildman–Crippen MR) is 78.3 cm³/mol.